The Labute approximate surface area is 171 Å². The second kappa shape index (κ2) is 8.66. The largest absolute Gasteiger partial charge is 0.371 e. The monoisotopic (exact) mass is 424 g/mol. The van der Waals surface area contributed by atoms with Crippen LogP contribution in [0.5, 0.6) is 0 Å². The number of amides is 1. The molecule has 1 amide bonds. The van der Waals surface area contributed by atoms with Gasteiger partial charge in [0.25, 0.3) is 11.6 Å². The molecule has 2 fully saturated rings. The van der Waals surface area contributed by atoms with Gasteiger partial charge in [-0.25, -0.2) is 8.42 Å². The van der Waals surface area contributed by atoms with Crippen molar-refractivity contribution in [3.63, 3.8) is 0 Å². The summed E-state index contributed by atoms with van der Waals surface area (Å²) in [7, 11) is -3.29. The molecule has 0 bridgehead atoms. The Morgan fingerprint density at radius 1 is 1.14 bits per heavy atom. The number of nitrogens with zero attached hydrogens (tertiary/aromatic N) is 4. The lowest BCUT2D eigenvalue weighted by Crippen LogP contribution is -2.51. The van der Waals surface area contributed by atoms with Gasteiger partial charge in [-0.3, -0.25) is 14.9 Å². The first-order valence-corrected chi connectivity index (χ1v) is 11.6. The van der Waals surface area contributed by atoms with Crippen molar-refractivity contribution < 1.29 is 18.1 Å². The first-order valence-electron chi connectivity index (χ1n) is 10.0. The van der Waals surface area contributed by atoms with Crippen LogP contribution in [0.1, 0.15) is 37.0 Å². The van der Waals surface area contributed by atoms with Crippen LogP contribution in [0.3, 0.4) is 0 Å². The van der Waals surface area contributed by atoms with E-state index in [1.54, 1.807) is 17.9 Å². The number of benzene rings is 1. The Kier molecular flexibility index (Phi) is 6.42. The van der Waals surface area contributed by atoms with Gasteiger partial charge in [-0.15, -0.1) is 0 Å². The van der Waals surface area contributed by atoms with E-state index in [-0.39, 0.29) is 43.5 Å². The minimum atomic E-state index is -3.29. The first kappa shape index (κ1) is 21.5. The molecule has 1 aromatic rings. The number of piperidine rings is 1. The summed E-state index contributed by atoms with van der Waals surface area (Å²) in [6.07, 6.45) is 2.02. The number of rotatable bonds is 5. The maximum Gasteiger partial charge on any atom is 0.270 e. The minimum absolute atomic E-state index is 0.0311. The summed E-state index contributed by atoms with van der Waals surface area (Å²) in [5.41, 5.74) is 0.923. The number of hydrogen-bond acceptors (Lipinski definition) is 6. The van der Waals surface area contributed by atoms with E-state index in [2.05, 4.69) is 11.8 Å². The van der Waals surface area contributed by atoms with Crippen molar-refractivity contribution in [2.24, 2.45) is 5.92 Å². The van der Waals surface area contributed by atoms with E-state index in [9.17, 15) is 23.3 Å². The predicted molar refractivity (Wildman–Crippen MR) is 111 cm³/mol. The molecule has 0 aliphatic carbocycles. The number of hydrogen-bond donors (Lipinski definition) is 0. The maximum atomic E-state index is 13.2. The molecule has 0 saturated carbocycles. The van der Waals surface area contributed by atoms with Crippen molar-refractivity contribution in [2.45, 2.75) is 26.7 Å². The van der Waals surface area contributed by atoms with Crippen LogP contribution in [-0.4, -0.2) is 73.5 Å². The van der Waals surface area contributed by atoms with E-state index >= 15 is 0 Å². The van der Waals surface area contributed by atoms with Gasteiger partial charge in [-0.05, 0) is 31.7 Å². The van der Waals surface area contributed by atoms with Crippen molar-refractivity contribution in [2.75, 3.05) is 49.9 Å². The third kappa shape index (κ3) is 4.69. The molecular weight excluding hydrogens is 396 g/mol. The molecule has 0 radical (unpaired) electrons. The van der Waals surface area contributed by atoms with E-state index in [0.717, 1.165) is 31.6 Å². The molecule has 3 rings (SSSR count). The van der Waals surface area contributed by atoms with Gasteiger partial charge in [0.2, 0.25) is 10.0 Å². The molecule has 160 valence electrons. The fraction of sp³-hybridized carbons (Fsp3) is 0.632. The van der Waals surface area contributed by atoms with E-state index in [1.165, 1.54) is 16.4 Å². The highest BCUT2D eigenvalue weighted by Crippen LogP contribution is 2.30. The molecule has 10 heteroatoms. The van der Waals surface area contributed by atoms with E-state index in [0.29, 0.717) is 11.5 Å². The van der Waals surface area contributed by atoms with Gasteiger partial charge in [-0.1, -0.05) is 6.92 Å². The van der Waals surface area contributed by atoms with Crippen LogP contribution in [-0.2, 0) is 10.0 Å². The average Bonchev–Trinajstić information content (AvgIpc) is 2.73. The van der Waals surface area contributed by atoms with Crippen molar-refractivity contribution in [1.82, 2.24) is 9.21 Å². The van der Waals surface area contributed by atoms with Crippen molar-refractivity contribution >= 4 is 27.3 Å². The standard InChI is InChI=1S/C19H28N4O5S/c1-3-29(27,28)22-12-10-21(11-13-22)19(24)17-14-16(23(25)26)4-5-18(17)20-8-6-15(2)7-9-20/h4-5,14-15H,3,6-13H2,1-2H3. The van der Waals surface area contributed by atoms with Crippen molar-refractivity contribution in [1.29, 1.82) is 0 Å². The van der Waals surface area contributed by atoms with Crippen molar-refractivity contribution in [3.05, 3.63) is 33.9 Å². The molecule has 2 saturated heterocycles. The van der Waals surface area contributed by atoms with Crippen molar-refractivity contribution in [3.8, 4) is 0 Å². The highest BCUT2D eigenvalue weighted by Gasteiger charge is 2.31. The highest BCUT2D eigenvalue weighted by atomic mass is 32.2. The topological polar surface area (TPSA) is 104 Å². The molecule has 0 N–H and O–H groups in total. The second-order valence-electron chi connectivity index (χ2n) is 7.72. The van der Waals surface area contributed by atoms with Crippen LogP contribution < -0.4 is 4.90 Å². The smallest absolute Gasteiger partial charge is 0.270 e. The van der Waals surface area contributed by atoms with Gasteiger partial charge in [0.15, 0.2) is 0 Å². The van der Waals surface area contributed by atoms with Crippen LogP contribution in [0, 0.1) is 16.0 Å². The third-order valence-electron chi connectivity index (χ3n) is 5.83. The zero-order chi connectivity index (χ0) is 21.2. The summed E-state index contributed by atoms with van der Waals surface area (Å²) in [6.45, 7) is 6.45. The first-order chi connectivity index (χ1) is 13.7. The Hall–Kier alpha value is -2.20. The Morgan fingerprint density at radius 2 is 1.76 bits per heavy atom. The number of carbonyl (C=O) groups is 1. The molecule has 0 unspecified atom stereocenters. The van der Waals surface area contributed by atoms with Crippen LogP contribution in [0.25, 0.3) is 0 Å². The second-order valence-corrected chi connectivity index (χ2v) is 9.98. The van der Waals surface area contributed by atoms with Crippen LogP contribution in [0.4, 0.5) is 11.4 Å². The zero-order valence-electron chi connectivity index (χ0n) is 16.9. The molecule has 0 aromatic heterocycles. The Morgan fingerprint density at radius 3 is 2.31 bits per heavy atom. The van der Waals surface area contributed by atoms with E-state index < -0.39 is 14.9 Å². The molecule has 0 spiro atoms. The number of nitro benzene ring substituents is 1. The van der Waals surface area contributed by atoms with Gasteiger partial charge in [0.05, 0.1) is 21.9 Å². The number of non-ortho nitro benzene ring substituents is 1. The summed E-state index contributed by atoms with van der Waals surface area (Å²) in [4.78, 5) is 27.7. The summed E-state index contributed by atoms with van der Waals surface area (Å²) in [5.74, 6) is 0.372. The molecule has 0 atom stereocenters. The summed E-state index contributed by atoms with van der Waals surface area (Å²) in [5, 5.41) is 11.3. The van der Waals surface area contributed by atoms with E-state index in [4.69, 9.17) is 0 Å². The fourth-order valence-corrected chi connectivity index (χ4v) is 4.94. The zero-order valence-corrected chi connectivity index (χ0v) is 17.7. The normalized spacial score (nSPS) is 19.4. The van der Waals surface area contributed by atoms with Crippen LogP contribution >= 0.6 is 0 Å². The number of anilines is 1. The summed E-state index contributed by atoms with van der Waals surface area (Å²) >= 11 is 0. The number of piperazine rings is 1. The minimum Gasteiger partial charge on any atom is -0.371 e. The van der Waals surface area contributed by atoms with Gasteiger partial charge in [0.1, 0.15) is 0 Å². The molecule has 2 aliphatic rings. The lowest BCUT2D eigenvalue weighted by atomic mass is 9.97. The maximum absolute atomic E-state index is 13.2. The molecule has 29 heavy (non-hydrogen) atoms. The van der Waals surface area contributed by atoms with Gasteiger partial charge < -0.3 is 9.80 Å². The van der Waals surface area contributed by atoms with Crippen LogP contribution in [0.2, 0.25) is 0 Å². The SMILES string of the molecule is CCS(=O)(=O)N1CCN(C(=O)c2cc([N+](=O)[O-])ccc2N2CCC(C)CC2)CC1. The lowest BCUT2D eigenvalue weighted by molar-refractivity contribution is -0.384. The highest BCUT2D eigenvalue weighted by molar-refractivity contribution is 7.89. The predicted octanol–water partition coefficient (Wildman–Crippen LogP) is 1.94. The summed E-state index contributed by atoms with van der Waals surface area (Å²) in [6, 6.07) is 4.46. The van der Waals surface area contributed by atoms with Gasteiger partial charge in [0, 0.05) is 51.4 Å². The van der Waals surface area contributed by atoms with Crippen LogP contribution in [0.15, 0.2) is 18.2 Å². The Balaban J connectivity index is 1.83. The lowest BCUT2D eigenvalue weighted by Gasteiger charge is -2.36. The Bertz CT molecular complexity index is 873. The number of nitro groups is 1. The van der Waals surface area contributed by atoms with Gasteiger partial charge in [-0.2, -0.15) is 4.31 Å². The molecule has 9 nitrogen and oxygen atoms in total. The van der Waals surface area contributed by atoms with Gasteiger partial charge >= 0.3 is 0 Å². The molecular formula is C19H28N4O5S. The third-order valence-corrected chi connectivity index (χ3v) is 7.71. The fourth-order valence-electron chi connectivity index (χ4n) is 3.86. The quantitative estimate of drug-likeness (QED) is 0.528. The number of carbonyl (C=O) groups excluding carboxylic acids is 1. The summed E-state index contributed by atoms with van der Waals surface area (Å²) < 4.78 is 25.5. The molecule has 2 aliphatic heterocycles. The number of sulfonamides is 1. The molecule has 2 heterocycles. The molecule has 1 aromatic carbocycles. The van der Waals surface area contributed by atoms with E-state index in [1.807, 2.05) is 0 Å². The average molecular weight is 425 g/mol.